The van der Waals surface area contributed by atoms with Crippen LogP contribution in [0.1, 0.15) is 35.9 Å². The lowest BCUT2D eigenvalue weighted by Gasteiger charge is -2.31. The lowest BCUT2D eigenvalue weighted by molar-refractivity contribution is -0.0264. The van der Waals surface area contributed by atoms with Gasteiger partial charge in [-0.05, 0) is 49.2 Å². The van der Waals surface area contributed by atoms with Crippen molar-refractivity contribution < 1.29 is 4.74 Å². The number of H-pyrrole nitrogens is 1. The molecule has 1 fully saturated rings. The summed E-state index contributed by atoms with van der Waals surface area (Å²) in [6, 6.07) is 16.4. The van der Waals surface area contributed by atoms with Crippen LogP contribution in [0.2, 0.25) is 0 Å². The van der Waals surface area contributed by atoms with Gasteiger partial charge in [-0.3, -0.25) is 5.41 Å². The summed E-state index contributed by atoms with van der Waals surface area (Å²) in [5.74, 6) is 0.800. The lowest BCUT2D eigenvalue weighted by atomic mass is 10.0. The van der Waals surface area contributed by atoms with Crippen molar-refractivity contribution in [1.29, 1.82) is 5.41 Å². The zero-order valence-corrected chi connectivity index (χ0v) is 17.8. The first-order valence-electron chi connectivity index (χ1n) is 10.7. The number of fused-ring (bicyclic) bond motifs is 1. The summed E-state index contributed by atoms with van der Waals surface area (Å²) in [6.45, 7) is 2.60. The second-order valence-electron chi connectivity index (χ2n) is 8.03. The third-order valence-corrected chi connectivity index (χ3v) is 5.58. The van der Waals surface area contributed by atoms with Gasteiger partial charge in [0.25, 0.3) is 0 Å². The van der Waals surface area contributed by atoms with Crippen LogP contribution < -0.4 is 11.1 Å². The molecule has 1 saturated heterocycles. The second kappa shape index (κ2) is 9.76. The maximum atomic E-state index is 7.25. The molecule has 0 spiro atoms. The van der Waals surface area contributed by atoms with Gasteiger partial charge in [-0.25, -0.2) is 4.98 Å². The minimum atomic E-state index is -0.260. The number of rotatable bonds is 7. The van der Waals surface area contributed by atoms with Crippen LogP contribution in [0.5, 0.6) is 0 Å². The van der Waals surface area contributed by atoms with Crippen molar-refractivity contribution in [2.24, 2.45) is 5.73 Å². The molecule has 162 valence electrons. The molecule has 0 radical (unpaired) electrons. The molecule has 1 aliphatic heterocycles. The van der Waals surface area contributed by atoms with Gasteiger partial charge in [0.2, 0.25) is 0 Å². The van der Waals surface area contributed by atoms with Crippen molar-refractivity contribution >= 4 is 23.1 Å². The van der Waals surface area contributed by atoms with E-state index in [1.54, 1.807) is 0 Å². The minimum absolute atomic E-state index is 0.0325. The normalized spacial score (nSPS) is 16.7. The van der Waals surface area contributed by atoms with Crippen LogP contribution >= 0.6 is 0 Å². The molecule has 1 aliphatic rings. The van der Waals surface area contributed by atoms with Gasteiger partial charge in [-0.2, -0.15) is 0 Å². The predicted molar refractivity (Wildman–Crippen MR) is 125 cm³/mol. The van der Waals surface area contributed by atoms with Crippen LogP contribution in [0.4, 0.5) is 0 Å². The molecule has 0 amide bonds. The molecule has 7 nitrogen and oxygen atoms in total. The van der Waals surface area contributed by atoms with E-state index in [1.807, 2.05) is 42.5 Å². The van der Waals surface area contributed by atoms with Crippen molar-refractivity contribution in [1.82, 2.24) is 20.2 Å². The molecule has 1 atom stereocenters. The summed E-state index contributed by atoms with van der Waals surface area (Å²) in [5, 5.41) is 10.0. The number of nitrogens with one attached hydrogen (secondary N) is 3. The Labute approximate surface area is 182 Å². The largest absolute Gasteiger partial charge is 0.370 e. The quantitative estimate of drug-likeness (QED) is 0.348. The number of hydrogen-bond acceptors (Lipinski definition) is 4. The van der Waals surface area contributed by atoms with Gasteiger partial charge in [0, 0.05) is 19.6 Å². The Morgan fingerprint density at radius 1 is 1.29 bits per heavy atom. The molecule has 2 heterocycles. The van der Waals surface area contributed by atoms with Crippen molar-refractivity contribution in [3.05, 3.63) is 71.6 Å². The van der Waals surface area contributed by atoms with Gasteiger partial charge in [-0.15, -0.1) is 0 Å². The standard InChI is InChI=1S/C24H30N6O/c1-30-14-11-19(12-15-30)31-22(23-28-20-9-2-3-10-21(20)29-23)18-8-4-6-17(16-18)7-5-13-27-24(25)26/h2-10,16,19,22H,11-15H2,1H3,(H,28,29)(H4,25,26,27). The van der Waals surface area contributed by atoms with E-state index in [9.17, 15) is 0 Å². The van der Waals surface area contributed by atoms with E-state index in [0.717, 1.165) is 53.9 Å². The van der Waals surface area contributed by atoms with Gasteiger partial charge in [0.1, 0.15) is 11.9 Å². The van der Waals surface area contributed by atoms with Gasteiger partial charge in [-0.1, -0.05) is 42.5 Å². The Balaban J connectivity index is 1.60. The van der Waals surface area contributed by atoms with Crippen LogP contribution in [0, 0.1) is 5.41 Å². The summed E-state index contributed by atoms with van der Waals surface area (Å²) in [7, 11) is 2.16. The summed E-state index contributed by atoms with van der Waals surface area (Å²) >= 11 is 0. The number of aromatic nitrogens is 2. The van der Waals surface area contributed by atoms with Gasteiger partial charge in [0.15, 0.2) is 5.96 Å². The second-order valence-corrected chi connectivity index (χ2v) is 8.03. The fourth-order valence-corrected chi connectivity index (χ4v) is 3.90. The molecule has 31 heavy (non-hydrogen) atoms. The monoisotopic (exact) mass is 418 g/mol. The third kappa shape index (κ3) is 5.51. The number of benzene rings is 2. The topological polar surface area (TPSA) is 103 Å². The molecule has 0 aliphatic carbocycles. The fourth-order valence-electron chi connectivity index (χ4n) is 3.90. The Morgan fingerprint density at radius 3 is 2.87 bits per heavy atom. The molecule has 0 saturated carbocycles. The number of likely N-dealkylation sites (tertiary alicyclic amines) is 1. The highest BCUT2D eigenvalue weighted by molar-refractivity contribution is 5.75. The summed E-state index contributed by atoms with van der Waals surface area (Å²) in [5.41, 5.74) is 9.43. The molecule has 3 aromatic rings. The van der Waals surface area contributed by atoms with E-state index in [2.05, 4.69) is 40.4 Å². The van der Waals surface area contributed by atoms with Crippen LogP contribution in [-0.2, 0) is 4.74 Å². The molecular weight excluding hydrogens is 388 g/mol. The predicted octanol–water partition coefficient (Wildman–Crippen LogP) is 3.26. The molecule has 1 aromatic heterocycles. The maximum Gasteiger partial charge on any atom is 0.185 e. The van der Waals surface area contributed by atoms with Gasteiger partial charge < -0.3 is 25.7 Å². The number of imidazole rings is 1. The molecule has 0 bridgehead atoms. The number of guanidine groups is 1. The molecular formula is C24H30N6O. The molecule has 7 heteroatoms. The number of aromatic amines is 1. The highest BCUT2D eigenvalue weighted by Gasteiger charge is 2.26. The Bertz CT molecular complexity index is 1020. The number of hydrogen-bond donors (Lipinski definition) is 4. The van der Waals surface area contributed by atoms with Gasteiger partial charge in [0.05, 0.1) is 17.1 Å². The van der Waals surface area contributed by atoms with Crippen molar-refractivity contribution in [2.75, 3.05) is 26.7 Å². The van der Waals surface area contributed by atoms with E-state index in [1.165, 1.54) is 0 Å². The smallest absolute Gasteiger partial charge is 0.185 e. The Hall–Kier alpha value is -3.16. The van der Waals surface area contributed by atoms with Crippen LogP contribution in [0.15, 0.2) is 54.6 Å². The lowest BCUT2D eigenvalue weighted by Crippen LogP contribution is -2.35. The highest BCUT2D eigenvalue weighted by Crippen LogP contribution is 2.30. The highest BCUT2D eigenvalue weighted by atomic mass is 16.5. The number of nitrogens with two attached hydrogens (primary N) is 1. The molecule has 2 aromatic carbocycles. The molecule has 1 unspecified atom stereocenters. The summed E-state index contributed by atoms with van der Waals surface area (Å²) < 4.78 is 6.65. The van der Waals surface area contributed by atoms with Crippen LogP contribution in [0.25, 0.3) is 17.1 Å². The van der Waals surface area contributed by atoms with Crippen LogP contribution in [0.3, 0.4) is 0 Å². The number of para-hydroxylation sites is 2. The van der Waals surface area contributed by atoms with E-state index in [-0.39, 0.29) is 18.2 Å². The fraction of sp³-hybridized carbons (Fsp3) is 0.333. The average molecular weight is 419 g/mol. The number of piperidine rings is 1. The summed E-state index contributed by atoms with van der Waals surface area (Å²) in [6.07, 6.45) is 5.95. The first kappa shape index (κ1) is 21.1. The zero-order chi connectivity index (χ0) is 21.6. The van der Waals surface area contributed by atoms with E-state index >= 15 is 0 Å². The van der Waals surface area contributed by atoms with Crippen molar-refractivity contribution in [3.63, 3.8) is 0 Å². The van der Waals surface area contributed by atoms with E-state index in [0.29, 0.717) is 6.54 Å². The molecule has 5 N–H and O–H groups in total. The number of nitrogens with zero attached hydrogens (tertiary/aromatic N) is 2. The van der Waals surface area contributed by atoms with Crippen molar-refractivity contribution in [2.45, 2.75) is 25.0 Å². The van der Waals surface area contributed by atoms with E-state index in [4.69, 9.17) is 20.9 Å². The Kier molecular flexibility index (Phi) is 6.64. The number of ether oxygens (including phenoxy) is 1. The van der Waals surface area contributed by atoms with Gasteiger partial charge >= 0.3 is 0 Å². The first-order valence-corrected chi connectivity index (χ1v) is 10.7. The summed E-state index contributed by atoms with van der Waals surface area (Å²) in [4.78, 5) is 10.6. The zero-order valence-electron chi connectivity index (χ0n) is 17.8. The maximum absolute atomic E-state index is 7.25. The average Bonchev–Trinajstić information content (AvgIpc) is 3.20. The van der Waals surface area contributed by atoms with Crippen LogP contribution in [-0.4, -0.2) is 53.6 Å². The third-order valence-electron chi connectivity index (χ3n) is 5.58. The minimum Gasteiger partial charge on any atom is -0.370 e. The first-order chi connectivity index (χ1) is 15.1. The Morgan fingerprint density at radius 2 is 2.10 bits per heavy atom. The molecule has 4 rings (SSSR count). The SMILES string of the molecule is CN1CCC(OC(c2cccc(C=CCNC(=N)N)c2)c2nc3ccccc3[nH]2)CC1. The van der Waals surface area contributed by atoms with E-state index < -0.39 is 0 Å². The van der Waals surface area contributed by atoms with Crippen molar-refractivity contribution in [3.8, 4) is 0 Å².